The third kappa shape index (κ3) is 4.48. The molecule has 1 aliphatic carbocycles. The molecule has 2 atom stereocenters. The Morgan fingerprint density at radius 1 is 1.16 bits per heavy atom. The van der Waals surface area contributed by atoms with Gasteiger partial charge in [-0.1, -0.05) is 25.0 Å². The maximum absolute atomic E-state index is 12.9. The van der Waals surface area contributed by atoms with E-state index in [1.807, 2.05) is 12.1 Å². The predicted octanol–water partition coefficient (Wildman–Crippen LogP) is 3.73. The van der Waals surface area contributed by atoms with E-state index in [1.165, 1.54) is 5.56 Å². The minimum Gasteiger partial charge on any atom is -0.497 e. The lowest BCUT2D eigenvalue weighted by molar-refractivity contribution is -0.140. The molecule has 4 nitrogen and oxygen atoms in total. The van der Waals surface area contributed by atoms with Crippen molar-refractivity contribution in [3.63, 3.8) is 0 Å². The van der Waals surface area contributed by atoms with Gasteiger partial charge in [-0.2, -0.15) is 0 Å². The van der Waals surface area contributed by atoms with Crippen LogP contribution in [0.5, 0.6) is 5.75 Å². The molecule has 1 aromatic rings. The first-order chi connectivity index (χ1) is 11.5. The van der Waals surface area contributed by atoms with E-state index in [-0.39, 0.29) is 29.8 Å². The number of piperidine rings is 1. The second kappa shape index (κ2) is 8.41. The largest absolute Gasteiger partial charge is 0.497 e. The second-order valence-corrected chi connectivity index (χ2v) is 7.68. The number of ether oxygens (including phenoxy) is 1. The first-order valence-electron chi connectivity index (χ1n) is 9.23. The summed E-state index contributed by atoms with van der Waals surface area (Å²) >= 11 is 0. The zero-order valence-electron chi connectivity index (χ0n) is 15.4. The summed E-state index contributed by atoms with van der Waals surface area (Å²) in [4.78, 5) is 15.0. The molecule has 2 N–H and O–H groups in total. The van der Waals surface area contributed by atoms with Crippen LogP contribution in [0.3, 0.4) is 0 Å². The Hall–Kier alpha value is -1.26. The Labute approximate surface area is 157 Å². The smallest absolute Gasteiger partial charge is 0.227 e. The van der Waals surface area contributed by atoms with E-state index in [0.717, 1.165) is 57.4 Å². The molecule has 2 aliphatic rings. The fourth-order valence-corrected chi connectivity index (χ4v) is 4.29. The van der Waals surface area contributed by atoms with E-state index >= 15 is 0 Å². The fourth-order valence-electron chi connectivity index (χ4n) is 4.29. The lowest BCUT2D eigenvalue weighted by Gasteiger charge is -2.42. The maximum Gasteiger partial charge on any atom is 0.227 e. The van der Waals surface area contributed by atoms with Crippen LogP contribution < -0.4 is 10.5 Å². The number of hydrogen-bond acceptors (Lipinski definition) is 3. The summed E-state index contributed by atoms with van der Waals surface area (Å²) in [5.74, 6) is 1.72. The van der Waals surface area contributed by atoms with Crippen molar-refractivity contribution in [2.75, 3.05) is 20.2 Å². The van der Waals surface area contributed by atoms with Crippen molar-refractivity contribution in [1.29, 1.82) is 0 Å². The van der Waals surface area contributed by atoms with Gasteiger partial charge in [0.1, 0.15) is 5.75 Å². The SMILES string of the molecule is COc1ccc(C2CCN(C(=O)C3CCCCC3(C)N)CC2)cc1.Cl. The molecule has 0 bridgehead atoms. The number of nitrogens with two attached hydrogens (primary N) is 1. The number of rotatable bonds is 3. The van der Waals surface area contributed by atoms with Gasteiger partial charge in [0.15, 0.2) is 0 Å². The molecule has 2 unspecified atom stereocenters. The van der Waals surface area contributed by atoms with Crippen LogP contribution in [0.4, 0.5) is 0 Å². The van der Waals surface area contributed by atoms with Gasteiger partial charge in [-0.3, -0.25) is 4.79 Å². The minimum absolute atomic E-state index is 0. The molecule has 25 heavy (non-hydrogen) atoms. The van der Waals surface area contributed by atoms with Gasteiger partial charge in [0.05, 0.1) is 13.0 Å². The Kier molecular flexibility index (Phi) is 6.75. The lowest BCUT2D eigenvalue weighted by Crippen LogP contribution is -2.54. The van der Waals surface area contributed by atoms with Crippen molar-refractivity contribution in [1.82, 2.24) is 4.90 Å². The fraction of sp³-hybridized carbons (Fsp3) is 0.650. The highest BCUT2D eigenvalue weighted by Gasteiger charge is 2.40. The van der Waals surface area contributed by atoms with Gasteiger partial charge in [0.2, 0.25) is 5.91 Å². The summed E-state index contributed by atoms with van der Waals surface area (Å²) < 4.78 is 5.23. The van der Waals surface area contributed by atoms with Crippen LogP contribution in [0, 0.1) is 5.92 Å². The van der Waals surface area contributed by atoms with Crippen molar-refractivity contribution in [2.24, 2.45) is 11.7 Å². The van der Waals surface area contributed by atoms with E-state index in [4.69, 9.17) is 10.5 Å². The van der Waals surface area contributed by atoms with Gasteiger partial charge in [-0.15, -0.1) is 12.4 Å². The van der Waals surface area contributed by atoms with Gasteiger partial charge in [0.25, 0.3) is 0 Å². The summed E-state index contributed by atoms with van der Waals surface area (Å²) in [6.45, 7) is 3.75. The highest BCUT2D eigenvalue weighted by atomic mass is 35.5. The Morgan fingerprint density at radius 2 is 1.80 bits per heavy atom. The summed E-state index contributed by atoms with van der Waals surface area (Å²) in [7, 11) is 1.69. The first-order valence-corrected chi connectivity index (χ1v) is 9.23. The van der Waals surface area contributed by atoms with Gasteiger partial charge in [0, 0.05) is 18.6 Å². The van der Waals surface area contributed by atoms with Crippen molar-refractivity contribution >= 4 is 18.3 Å². The molecule has 0 spiro atoms. The third-order valence-corrected chi connectivity index (χ3v) is 5.95. The summed E-state index contributed by atoms with van der Waals surface area (Å²) in [6, 6.07) is 8.35. The van der Waals surface area contributed by atoms with Crippen molar-refractivity contribution in [3.8, 4) is 5.75 Å². The number of likely N-dealkylation sites (tertiary alicyclic amines) is 1. The van der Waals surface area contributed by atoms with Crippen LogP contribution in [0.15, 0.2) is 24.3 Å². The molecule has 2 fully saturated rings. The van der Waals surface area contributed by atoms with E-state index < -0.39 is 0 Å². The quantitative estimate of drug-likeness (QED) is 0.886. The molecule has 0 aromatic heterocycles. The maximum atomic E-state index is 12.9. The van der Waals surface area contributed by atoms with Crippen LogP contribution >= 0.6 is 12.4 Å². The average molecular weight is 367 g/mol. The van der Waals surface area contributed by atoms with E-state index in [2.05, 4.69) is 24.0 Å². The molecule has 1 aliphatic heterocycles. The number of carbonyl (C=O) groups is 1. The van der Waals surface area contributed by atoms with Crippen LogP contribution in [0.2, 0.25) is 0 Å². The molecule has 1 saturated carbocycles. The van der Waals surface area contributed by atoms with Gasteiger partial charge in [-0.05, 0) is 56.2 Å². The first kappa shape index (κ1) is 20.1. The van der Waals surface area contributed by atoms with E-state index in [9.17, 15) is 4.79 Å². The normalized spacial score (nSPS) is 27.5. The molecular weight excluding hydrogens is 336 g/mol. The Balaban J connectivity index is 0.00000225. The summed E-state index contributed by atoms with van der Waals surface area (Å²) in [6.07, 6.45) is 6.26. The molecule has 5 heteroatoms. The third-order valence-electron chi connectivity index (χ3n) is 5.95. The molecule has 1 aromatic carbocycles. The summed E-state index contributed by atoms with van der Waals surface area (Å²) in [5.41, 5.74) is 7.44. The minimum atomic E-state index is -0.331. The Morgan fingerprint density at radius 3 is 2.36 bits per heavy atom. The average Bonchev–Trinajstić information content (AvgIpc) is 2.61. The number of halogens is 1. The number of nitrogens with zero attached hydrogens (tertiary/aromatic N) is 1. The van der Waals surface area contributed by atoms with Crippen molar-refractivity contribution in [3.05, 3.63) is 29.8 Å². The topological polar surface area (TPSA) is 55.6 Å². The molecule has 0 radical (unpaired) electrons. The van der Waals surface area contributed by atoms with Gasteiger partial charge >= 0.3 is 0 Å². The molecule has 1 saturated heterocycles. The second-order valence-electron chi connectivity index (χ2n) is 7.68. The Bertz CT molecular complexity index is 566. The number of methoxy groups -OCH3 is 1. The highest BCUT2D eigenvalue weighted by Crippen LogP contribution is 2.35. The zero-order valence-corrected chi connectivity index (χ0v) is 16.2. The van der Waals surface area contributed by atoms with Crippen molar-refractivity contribution in [2.45, 2.75) is 56.9 Å². The van der Waals surface area contributed by atoms with Crippen LogP contribution in [0.25, 0.3) is 0 Å². The monoisotopic (exact) mass is 366 g/mol. The zero-order chi connectivity index (χ0) is 17.2. The lowest BCUT2D eigenvalue weighted by atomic mass is 9.73. The summed E-state index contributed by atoms with van der Waals surface area (Å²) in [5, 5.41) is 0. The molecular formula is C20H31ClN2O2. The number of amides is 1. The molecule has 3 rings (SSSR count). The van der Waals surface area contributed by atoms with Crippen molar-refractivity contribution < 1.29 is 9.53 Å². The highest BCUT2D eigenvalue weighted by molar-refractivity contribution is 5.85. The number of benzene rings is 1. The number of hydrogen-bond donors (Lipinski definition) is 1. The van der Waals surface area contributed by atoms with E-state index in [1.54, 1.807) is 7.11 Å². The van der Waals surface area contributed by atoms with Crippen LogP contribution in [-0.2, 0) is 4.79 Å². The predicted molar refractivity (Wildman–Crippen MR) is 103 cm³/mol. The van der Waals surface area contributed by atoms with Crippen LogP contribution in [0.1, 0.15) is 56.9 Å². The van der Waals surface area contributed by atoms with Gasteiger partial charge in [-0.25, -0.2) is 0 Å². The van der Waals surface area contributed by atoms with E-state index in [0.29, 0.717) is 5.92 Å². The molecule has 140 valence electrons. The molecule has 1 heterocycles. The van der Waals surface area contributed by atoms with Gasteiger partial charge < -0.3 is 15.4 Å². The number of carbonyl (C=O) groups excluding carboxylic acids is 1. The van der Waals surface area contributed by atoms with Crippen LogP contribution in [-0.4, -0.2) is 36.5 Å². The standard InChI is InChI=1S/C20H30N2O2.ClH/c1-20(21)12-4-3-5-18(20)19(23)22-13-10-16(11-14-22)15-6-8-17(24-2)9-7-15;/h6-9,16,18H,3-5,10-14,21H2,1-2H3;1H. The molecule has 1 amide bonds.